The second-order valence-corrected chi connectivity index (χ2v) is 7.49. The van der Waals surface area contributed by atoms with Crippen LogP contribution < -0.4 is 4.74 Å². The molecular weight excluding hydrogens is 444 g/mol. The van der Waals surface area contributed by atoms with Crippen molar-refractivity contribution in [3.05, 3.63) is 96.1 Å². The van der Waals surface area contributed by atoms with E-state index in [9.17, 15) is 4.79 Å². The Morgan fingerprint density at radius 1 is 0.720 bits per heavy atom. The van der Waals surface area contributed by atoms with Crippen molar-refractivity contribution in [2.75, 3.05) is 0 Å². The molecule has 0 fully saturated rings. The molecular formula is C21H16Br2O2. The lowest BCUT2D eigenvalue weighted by Gasteiger charge is -2.16. The molecule has 0 spiro atoms. The van der Waals surface area contributed by atoms with Gasteiger partial charge >= 0.3 is 0 Å². The van der Waals surface area contributed by atoms with Crippen molar-refractivity contribution >= 4 is 37.6 Å². The van der Waals surface area contributed by atoms with Crippen molar-refractivity contribution in [3.8, 4) is 11.5 Å². The zero-order valence-corrected chi connectivity index (χ0v) is 16.5. The number of benzene rings is 3. The summed E-state index contributed by atoms with van der Waals surface area (Å²) >= 11 is 7.14. The van der Waals surface area contributed by atoms with Gasteiger partial charge in [-0.05, 0) is 42.0 Å². The van der Waals surface area contributed by atoms with Crippen LogP contribution in [0.3, 0.4) is 0 Å². The quantitative estimate of drug-likeness (QED) is 0.308. The molecule has 126 valence electrons. The fourth-order valence-electron chi connectivity index (χ4n) is 2.41. The zero-order valence-electron chi connectivity index (χ0n) is 13.3. The number of rotatable bonds is 6. The van der Waals surface area contributed by atoms with E-state index < -0.39 is 0 Å². The maximum absolute atomic E-state index is 12.7. The Balaban J connectivity index is 1.70. The lowest BCUT2D eigenvalue weighted by Crippen LogP contribution is -2.19. The van der Waals surface area contributed by atoms with E-state index in [1.165, 1.54) is 0 Å². The molecule has 0 aliphatic heterocycles. The van der Waals surface area contributed by atoms with Crippen LogP contribution >= 0.6 is 31.9 Å². The average Bonchev–Trinajstić information content (AvgIpc) is 2.68. The number of hydrogen-bond acceptors (Lipinski definition) is 2. The highest BCUT2D eigenvalue weighted by molar-refractivity contribution is 9.12. The number of carbonyl (C=O) groups excluding carboxylic acids is 1. The number of para-hydroxylation sites is 1. The Hall–Kier alpha value is -1.91. The predicted octanol–water partition coefficient (Wildman–Crippen LogP) is 6.56. The molecule has 0 aliphatic carbocycles. The van der Waals surface area contributed by atoms with Crippen LogP contribution in [0.1, 0.15) is 20.7 Å². The fraction of sp³-hybridized carbons (Fsp3) is 0.0952. The molecule has 2 nitrogen and oxygen atoms in total. The van der Waals surface area contributed by atoms with Gasteiger partial charge in [-0.25, -0.2) is 0 Å². The molecule has 0 N–H and O–H groups in total. The van der Waals surface area contributed by atoms with Crippen LogP contribution in [0.2, 0.25) is 0 Å². The average molecular weight is 460 g/mol. The summed E-state index contributed by atoms with van der Waals surface area (Å²) in [5.74, 6) is 1.49. The van der Waals surface area contributed by atoms with E-state index in [1.54, 1.807) is 12.1 Å². The number of alkyl halides is 2. The van der Waals surface area contributed by atoms with Crippen LogP contribution in [0, 0.1) is 0 Å². The number of ketones is 1. The Labute approximate surface area is 164 Å². The summed E-state index contributed by atoms with van der Waals surface area (Å²) in [4.78, 5) is 12.3. The summed E-state index contributed by atoms with van der Waals surface area (Å²) in [5, 5.41) is 0. The molecule has 0 radical (unpaired) electrons. The number of Topliss-reactive ketones (excluding diaryl/α,β-unsaturated/α-hetero) is 1. The highest BCUT2D eigenvalue weighted by Crippen LogP contribution is 2.33. The van der Waals surface area contributed by atoms with Crippen LogP contribution in [0.4, 0.5) is 0 Å². The first-order valence-corrected chi connectivity index (χ1v) is 9.68. The first-order valence-electron chi connectivity index (χ1n) is 7.85. The fourth-order valence-corrected chi connectivity index (χ4v) is 3.52. The van der Waals surface area contributed by atoms with E-state index >= 15 is 0 Å². The number of ether oxygens (including phenoxy) is 1. The largest absolute Gasteiger partial charge is 0.457 e. The molecule has 3 rings (SSSR count). The van der Waals surface area contributed by atoms with Gasteiger partial charge in [0.05, 0.1) is 9.65 Å². The van der Waals surface area contributed by atoms with Gasteiger partial charge in [0.1, 0.15) is 11.5 Å². The van der Waals surface area contributed by atoms with E-state index in [0.717, 1.165) is 11.3 Å². The molecule has 4 heteroatoms. The first-order chi connectivity index (χ1) is 12.1. The topological polar surface area (TPSA) is 26.3 Å². The molecule has 0 saturated heterocycles. The van der Waals surface area contributed by atoms with Crippen LogP contribution in [-0.4, -0.2) is 10.6 Å². The van der Waals surface area contributed by atoms with Gasteiger partial charge in [0.25, 0.3) is 0 Å². The molecule has 3 aromatic rings. The third-order valence-corrected chi connectivity index (χ3v) is 6.45. The molecule has 0 heterocycles. The van der Waals surface area contributed by atoms with E-state index in [1.807, 2.05) is 72.8 Å². The molecule has 2 atom stereocenters. The molecule has 3 aromatic carbocycles. The van der Waals surface area contributed by atoms with E-state index in [2.05, 4.69) is 31.9 Å². The number of carbonyl (C=O) groups is 1. The highest BCUT2D eigenvalue weighted by Gasteiger charge is 2.25. The van der Waals surface area contributed by atoms with Gasteiger partial charge in [0, 0.05) is 5.56 Å². The third kappa shape index (κ3) is 4.59. The summed E-state index contributed by atoms with van der Waals surface area (Å²) < 4.78 is 5.76. The highest BCUT2D eigenvalue weighted by atomic mass is 79.9. The molecule has 0 aliphatic rings. The van der Waals surface area contributed by atoms with Crippen LogP contribution in [0.15, 0.2) is 84.9 Å². The molecule has 0 unspecified atom stereocenters. The minimum atomic E-state index is -0.351. The van der Waals surface area contributed by atoms with Gasteiger partial charge in [-0.15, -0.1) is 0 Å². The monoisotopic (exact) mass is 458 g/mol. The lowest BCUT2D eigenvalue weighted by molar-refractivity contribution is 0.0991. The Morgan fingerprint density at radius 2 is 1.24 bits per heavy atom. The van der Waals surface area contributed by atoms with Crippen molar-refractivity contribution in [1.82, 2.24) is 0 Å². The minimum absolute atomic E-state index is 0.0250. The molecule has 0 saturated carbocycles. The maximum Gasteiger partial charge on any atom is 0.177 e. The molecule has 0 aromatic heterocycles. The van der Waals surface area contributed by atoms with Gasteiger partial charge in [0.2, 0.25) is 0 Å². The number of halogens is 2. The normalized spacial score (nSPS) is 13.0. The summed E-state index contributed by atoms with van der Waals surface area (Å²) in [7, 11) is 0. The third-order valence-electron chi connectivity index (χ3n) is 3.74. The summed E-state index contributed by atoms with van der Waals surface area (Å²) in [6.45, 7) is 0. The van der Waals surface area contributed by atoms with Crippen molar-refractivity contribution in [3.63, 3.8) is 0 Å². The predicted molar refractivity (Wildman–Crippen MR) is 108 cm³/mol. The Bertz CT molecular complexity index is 818. The Morgan fingerprint density at radius 3 is 1.84 bits per heavy atom. The van der Waals surface area contributed by atoms with Crippen LogP contribution in [0.5, 0.6) is 11.5 Å². The smallest absolute Gasteiger partial charge is 0.177 e. The summed E-state index contributed by atoms with van der Waals surface area (Å²) in [5.41, 5.74) is 1.70. The van der Waals surface area contributed by atoms with Crippen molar-refractivity contribution in [2.45, 2.75) is 9.65 Å². The van der Waals surface area contributed by atoms with E-state index in [4.69, 9.17) is 4.74 Å². The van der Waals surface area contributed by atoms with E-state index in [0.29, 0.717) is 11.3 Å². The van der Waals surface area contributed by atoms with Crippen molar-refractivity contribution in [2.24, 2.45) is 0 Å². The van der Waals surface area contributed by atoms with Crippen LogP contribution in [-0.2, 0) is 0 Å². The van der Waals surface area contributed by atoms with Gasteiger partial charge in [0.15, 0.2) is 5.78 Å². The maximum atomic E-state index is 12.7. The molecule has 25 heavy (non-hydrogen) atoms. The van der Waals surface area contributed by atoms with Crippen LogP contribution in [0.25, 0.3) is 0 Å². The SMILES string of the molecule is O=C(c1ccc(Oc2ccccc2)cc1)[C@H](Br)[C@@H](Br)c1ccccc1. The lowest BCUT2D eigenvalue weighted by atomic mass is 10.0. The first kappa shape index (κ1) is 17.9. The van der Waals surface area contributed by atoms with Gasteiger partial charge in [-0.3, -0.25) is 4.79 Å². The molecule has 0 bridgehead atoms. The van der Waals surface area contributed by atoms with Gasteiger partial charge < -0.3 is 4.74 Å². The van der Waals surface area contributed by atoms with Crippen molar-refractivity contribution < 1.29 is 9.53 Å². The standard InChI is InChI=1S/C21H16Br2O2/c22-19(15-7-3-1-4-8-15)20(23)21(24)16-11-13-18(14-12-16)25-17-9-5-2-6-10-17/h1-14,19-20H/t19-,20+/m0/s1. The van der Waals surface area contributed by atoms with Crippen molar-refractivity contribution in [1.29, 1.82) is 0 Å². The molecule has 0 amide bonds. The second kappa shape index (κ2) is 8.45. The second-order valence-electron chi connectivity index (χ2n) is 5.52. The van der Waals surface area contributed by atoms with Gasteiger partial charge in [-0.1, -0.05) is 80.4 Å². The van der Waals surface area contributed by atoms with E-state index in [-0.39, 0.29) is 15.4 Å². The minimum Gasteiger partial charge on any atom is -0.457 e. The Kier molecular flexibility index (Phi) is 6.05. The summed E-state index contributed by atoms with van der Waals surface area (Å²) in [6.07, 6.45) is 0. The zero-order chi connectivity index (χ0) is 17.6. The number of hydrogen-bond donors (Lipinski definition) is 0. The summed E-state index contributed by atoms with van der Waals surface area (Å²) in [6, 6.07) is 26.6. The van der Waals surface area contributed by atoms with Gasteiger partial charge in [-0.2, -0.15) is 0 Å².